The molecule has 0 radical (unpaired) electrons. The molecule has 1 aromatic carbocycles. The molecule has 3 atom stereocenters. The van der Waals surface area contributed by atoms with Crippen molar-refractivity contribution in [3.8, 4) is 0 Å². The predicted octanol–water partition coefficient (Wildman–Crippen LogP) is 4.82. The zero-order valence-electron chi connectivity index (χ0n) is 14.6. The molecule has 2 bridgehead atoms. The highest BCUT2D eigenvalue weighted by Gasteiger charge is 2.62. The number of benzene rings is 1. The maximum absolute atomic E-state index is 12.7. The number of fused-ring (bicyclic) bond motifs is 3. The van der Waals surface area contributed by atoms with Crippen molar-refractivity contribution < 1.29 is 13.9 Å². The SMILES string of the molecule is CC1(C)[C@H]2CC[C@@]1(C)[C@H](OC(=O)c1cc3cc(Cl)ccc3oc1=O)C2. The van der Waals surface area contributed by atoms with Gasteiger partial charge in [0.05, 0.1) is 0 Å². The molecule has 2 aliphatic carbocycles. The summed E-state index contributed by atoms with van der Waals surface area (Å²) in [5, 5.41) is 1.13. The third-order valence-electron chi connectivity index (χ3n) is 6.88. The van der Waals surface area contributed by atoms with Gasteiger partial charge in [-0.3, -0.25) is 0 Å². The summed E-state index contributed by atoms with van der Waals surface area (Å²) in [6, 6.07) is 6.44. The smallest absolute Gasteiger partial charge is 0.351 e. The first kappa shape index (κ1) is 16.6. The molecule has 4 rings (SSSR count). The fourth-order valence-corrected chi connectivity index (χ4v) is 4.92. The number of halogens is 1. The molecule has 2 aromatic rings. The fraction of sp³-hybridized carbons (Fsp3) is 0.500. The predicted molar refractivity (Wildman–Crippen MR) is 95.9 cm³/mol. The first-order chi connectivity index (χ1) is 11.7. The fourth-order valence-electron chi connectivity index (χ4n) is 4.74. The second kappa shape index (κ2) is 5.34. The molecular weight excluding hydrogens is 340 g/mol. The zero-order valence-corrected chi connectivity index (χ0v) is 15.4. The second-order valence-corrected chi connectivity index (χ2v) is 8.57. The van der Waals surface area contributed by atoms with E-state index in [2.05, 4.69) is 20.8 Å². The maximum Gasteiger partial charge on any atom is 0.351 e. The largest absolute Gasteiger partial charge is 0.458 e. The molecule has 2 fully saturated rings. The van der Waals surface area contributed by atoms with Crippen LogP contribution >= 0.6 is 11.6 Å². The van der Waals surface area contributed by atoms with Gasteiger partial charge in [0.2, 0.25) is 0 Å². The topological polar surface area (TPSA) is 56.5 Å². The number of rotatable bonds is 2. The van der Waals surface area contributed by atoms with E-state index >= 15 is 0 Å². The van der Waals surface area contributed by atoms with E-state index in [-0.39, 0.29) is 22.5 Å². The van der Waals surface area contributed by atoms with Crippen LogP contribution in [0.4, 0.5) is 0 Å². The van der Waals surface area contributed by atoms with Crippen LogP contribution in [0.3, 0.4) is 0 Å². The monoisotopic (exact) mass is 360 g/mol. The van der Waals surface area contributed by atoms with Crippen LogP contribution < -0.4 is 5.63 Å². The first-order valence-electron chi connectivity index (χ1n) is 8.67. The van der Waals surface area contributed by atoms with E-state index in [1.807, 2.05) is 0 Å². The average Bonchev–Trinajstić information content (AvgIpc) is 2.88. The lowest BCUT2D eigenvalue weighted by Crippen LogP contribution is -2.38. The highest BCUT2D eigenvalue weighted by atomic mass is 35.5. The van der Waals surface area contributed by atoms with Crippen LogP contribution in [-0.4, -0.2) is 12.1 Å². The lowest BCUT2D eigenvalue weighted by Gasteiger charge is -2.38. The van der Waals surface area contributed by atoms with Gasteiger partial charge < -0.3 is 9.15 Å². The summed E-state index contributed by atoms with van der Waals surface area (Å²) in [6.45, 7) is 6.70. The van der Waals surface area contributed by atoms with Gasteiger partial charge in [0.25, 0.3) is 0 Å². The van der Waals surface area contributed by atoms with Crippen molar-refractivity contribution in [2.24, 2.45) is 16.7 Å². The van der Waals surface area contributed by atoms with Gasteiger partial charge in [0.1, 0.15) is 17.3 Å². The zero-order chi connectivity index (χ0) is 18.0. The number of esters is 1. The molecular formula is C20H21ClO4. The van der Waals surface area contributed by atoms with Gasteiger partial charge in [-0.15, -0.1) is 0 Å². The Morgan fingerprint density at radius 3 is 2.68 bits per heavy atom. The molecule has 2 aliphatic rings. The summed E-state index contributed by atoms with van der Waals surface area (Å²) >= 11 is 5.98. The van der Waals surface area contributed by atoms with Gasteiger partial charge in [-0.25, -0.2) is 9.59 Å². The van der Waals surface area contributed by atoms with Gasteiger partial charge >= 0.3 is 11.6 Å². The first-order valence-corrected chi connectivity index (χ1v) is 9.04. The Morgan fingerprint density at radius 1 is 1.28 bits per heavy atom. The molecule has 132 valence electrons. The van der Waals surface area contributed by atoms with Gasteiger partial charge in [0, 0.05) is 15.8 Å². The van der Waals surface area contributed by atoms with E-state index in [1.54, 1.807) is 18.2 Å². The van der Waals surface area contributed by atoms with Crippen molar-refractivity contribution in [1.82, 2.24) is 0 Å². The van der Waals surface area contributed by atoms with Crippen LogP contribution in [0.1, 0.15) is 50.4 Å². The second-order valence-electron chi connectivity index (χ2n) is 8.13. The van der Waals surface area contributed by atoms with E-state index in [4.69, 9.17) is 20.8 Å². The van der Waals surface area contributed by atoms with Crippen molar-refractivity contribution >= 4 is 28.5 Å². The number of carbonyl (C=O) groups excluding carboxylic acids is 1. The van der Waals surface area contributed by atoms with Crippen molar-refractivity contribution in [3.63, 3.8) is 0 Å². The molecule has 1 aromatic heterocycles. The molecule has 25 heavy (non-hydrogen) atoms. The number of hydrogen-bond acceptors (Lipinski definition) is 4. The molecule has 0 aliphatic heterocycles. The maximum atomic E-state index is 12.7. The Kier molecular flexibility index (Phi) is 3.56. The van der Waals surface area contributed by atoms with Crippen LogP contribution in [-0.2, 0) is 4.74 Å². The summed E-state index contributed by atoms with van der Waals surface area (Å²) < 4.78 is 11.0. The van der Waals surface area contributed by atoms with Crippen molar-refractivity contribution in [1.29, 1.82) is 0 Å². The third-order valence-corrected chi connectivity index (χ3v) is 7.11. The molecule has 0 unspecified atom stereocenters. The Morgan fingerprint density at radius 2 is 2.04 bits per heavy atom. The summed E-state index contributed by atoms with van der Waals surface area (Å²) in [6.07, 6.45) is 2.92. The Labute approximate surface area is 151 Å². The number of ether oxygens (including phenoxy) is 1. The summed E-state index contributed by atoms with van der Waals surface area (Å²) in [4.78, 5) is 24.9. The molecule has 0 amide bonds. The summed E-state index contributed by atoms with van der Waals surface area (Å²) in [5.74, 6) is -0.0488. The molecule has 5 heteroatoms. The van der Waals surface area contributed by atoms with Crippen LogP contribution in [0.5, 0.6) is 0 Å². The van der Waals surface area contributed by atoms with E-state index in [0.29, 0.717) is 21.9 Å². The molecule has 0 N–H and O–H groups in total. The highest BCUT2D eigenvalue weighted by molar-refractivity contribution is 6.31. The number of hydrogen-bond donors (Lipinski definition) is 0. The van der Waals surface area contributed by atoms with Crippen molar-refractivity contribution in [2.75, 3.05) is 0 Å². The van der Waals surface area contributed by atoms with Gasteiger partial charge in [-0.1, -0.05) is 32.4 Å². The normalized spacial score (nSPS) is 29.9. The molecule has 0 saturated heterocycles. The molecule has 4 nitrogen and oxygen atoms in total. The van der Waals surface area contributed by atoms with Crippen LogP contribution in [0.25, 0.3) is 11.0 Å². The standard InChI is InChI=1S/C20H21ClO4/c1-19(2)12-6-7-20(19,3)16(10-12)25-18(23)14-9-11-8-13(21)4-5-15(11)24-17(14)22/h4-5,8-9,12,16H,6-7,10H2,1-3H3/t12-,16+,20-/m0/s1. The lowest BCUT2D eigenvalue weighted by atomic mass is 9.70. The molecule has 0 spiro atoms. The van der Waals surface area contributed by atoms with E-state index in [1.165, 1.54) is 12.5 Å². The Hall–Kier alpha value is -1.81. The number of carbonyl (C=O) groups is 1. The van der Waals surface area contributed by atoms with Crippen LogP contribution in [0, 0.1) is 16.7 Å². The van der Waals surface area contributed by atoms with Gasteiger partial charge in [0.15, 0.2) is 0 Å². The highest BCUT2D eigenvalue weighted by Crippen LogP contribution is 2.66. The van der Waals surface area contributed by atoms with Crippen LogP contribution in [0.2, 0.25) is 5.02 Å². The molecule has 1 heterocycles. The quantitative estimate of drug-likeness (QED) is 0.569. The summed E-state index contributed by atoms with van der Waals surface area (Å²) in [7, 11) is 0. The van der Waals surface area contributed by atoms with Gasteiger partial charge in [-0.05, 0) is 54.9 Å². The van der Waals surface area contributed by atoms with E-state index < -0.39 is 11.6 Å². The average molecular weight is 361 g/mol. The van der Waals surface area contributed by atoms with Crippen molar-refractivity contribution in [2.45, 2.75) is 46.1 Å². The van der Waals surface area contributed by atoms with E-state index in [9.17, 15) is 9.59 Å². The minimum Gasteiger partial charge on any atom is -0.458 e. The van der Waals surface area contributed by atoms with Crippen LogP contribution in [0.15, 0.2) is 33.5 Å². The van der Waals surface area contributed by atoms with Gasteiger partial charge in [-0.2, -0.15) is 0 Å². The van der Waals surface area contributed by atoms with Crippen molar-refractivity contribution in [3.05, 3.63) is 45.3 Å². The minimum atomic E-state index is -0.674. The Bertz CT molecular complexity index is 929. The Balaban J connectivity index is 1.65. The minimum absolute atomic E-state index is 0.0479. The summed E-state index contributed by atoms with van der Waals surface area (Å²) in [5.41, 5.74) is -0.252. The van der Waals surface area contributed by atoms with E-state index in [0.717, 1.165) is 12.8 Å². The third kappa shape index (κ3) is 2.34. The lowest BCUT2D eigenvalue weighted by molar-refractivity contribution is -0.0245. The molecule has 2 saturated carbocycles.